The second kappa shape index (κ2) is 8.52. The van der Waals surface area contributed by atoms with Crippen LogP contribution in [0.1, 0.15) is 23.1 Å². The molecule has 0 bridgehead atoms. The minimum Gasteiger partial charge on any atom is -0.324 e. The van der Waals surface area contributed by atoms with Gasteiger partial charge in [0.1, 0.15) is 12.4 Å². The standard InChI is InChI=1S/C25H22FN3O2/c1-16-7-8-17(2)21(13-16)28-24(30)15-29-23-6-4-3-5-20(23)27-22(14-25(29)31)18-9-11-19(26)12-10-18/h3-13H,14-15H2,1-2H3,(H,28,30). The summed E-state index contributed by atoms with van der Waals surface area (Å²) in [5.74, 6) is -0.888. The van der Waals surface area contributed by atoms with Gasteiger partial charge in [-0.05, 0) is 60.9 Å². The smallest absolute Gasteiger partial charge is 0.244 e. The van der Waals surface area contributed by atoms with Gasteiger partial charge in [-0.3, -0.25) is 14.6 Å². The molecule has 0 unspecified atom stereocenters. The SMILES string of the molecule is Cc1ccc(C)c(NC(=O)CN2C(=O)CC(c3ccc(F)cc3)=Nc3ccccc32)c1. The predicted molar refractivity (Wildman–Crippen MR) is 121 cm³/mol. The molecular formula is C25H22FN3O2. The molecule has 1 heterocycles. The number of aryl methyl sites for hydroxylation is 2. The van der Waals surface area contributed by atoms with E-state index in [9.17, 15) is 14.0 Å². The van der Waals surface area contributed by atoms with Gasteiger partial charge in [-0.25, -0.2) is 4.39 Å². The van der Waals surface area contributed by atoms with Crippen molar-refractivity contribution < 1.29 is 14.0 Å². The van der Waals surface area contributed by atoms with E-state index < -0.39 is 0 Å². The summed E-state index contributed by atoms with van der Waals surface area (Å²) in [5, 5.41) is 2.91. The van der Waals surface area contributed by atoms with Gasteiger partial charge >= 0.3 is 0 Å². The second-order valence-electron chi connectivity index (χ2n) is 7.58. The molecule has 2 amide bonds. The number of fused-ring (bicyclic) bond motifs is 1. The maximum absolute atomic E-state index is 13.3. The summed E-state index contributed by atoms with van der Waals surface area (Å²) in [6.45, 7) is 3.75. The molecule has 1 N–H and O–H groups in total. The zero-order chi connectivity index (χ0) is 22.0. The van der Waals surface area contributed by atoms with Crippen molar-refractivity contribution in [1.82, 2.24) is 0 Å². The largest absolute Gasteiger partial charge is 0.324 e. The molecule has 4 rings (SSSR count). The molecule has 156 valence electrons. The van der Waals surface area contributed by atoms with Crippen LogP contribution in [0.5, 0.6) is 0 Å². The minimum absolute atomic E-state index is 0.0110. The van der Waals surface area contributed by atoms with E-state index in [1.165, 1.54) is 17.0 Å². The first-order chi connectivity index (χ1) is 14.9. The highest BCUT2D eigenvalue weighted by Gasteiger charge is 2.26. The fraction of sp³-hybridized carbons (Fsp3) is 0.160. The lowest BCUT2D eigenvalue weighted by Gasteiger charge is -2.22. The number of anilines is 2. The summed E-state index contributed by atoms with van der Waals surface area (Å²) >= 11 is 0. The van der Waals surface area contributed by atoms with E-state index in [-0.39, 0.29) is 30.6 Å². The van der Waals surface area contributed by atoms with E-state index in [1.807, 2.05) is 38.1 Å². The van der Waals surface area contributed by atoms with Crippen molar-refractivity contribution in [2.24, 2.45) is 4.99 Å². The number of nitrogens with zero attached hydrogens (tertiary/aromatic N) is 2. The monoisotopic (exact) mass is 415 g/mol. The molecule has 0 radical (unpaired) electrons. The van der Waals surface area contributed by atoms with E-state index in [4.69, 9.17) is 0 Å². The van der Waals surface area contributed by atoms with E-state index in [2.05, 4.69) is 10.3 Å². The Balaban J connectivity index is 1.61. The molecule has 6 heteroatoms. The van der Waals surface area contributed by atoms with Crippen molar-refractivity contribution in [3.63, 3.8) is 0 Å². The van der Waals surface area contributed by atoms with Crippen molar-refractivity contribution in [2.45, 2.75) is 20.3 Å². The maximum Gasteiger partial charge on any atom is 0.244 e. The van der Waals surface area contributed by atoms with Crippen LogP contribution >= 0.6 is 0 Å². The lowest BCUT2D eigenvalue weighted by Crippen LogP contribution is -2.38. The summed E-state index contributed by atoms with van der Waals surface area (Å²) in [5.41, 5.74) is 5.08. The number of rotatable bonds is 4. The van der Waals surface area contributed by atoms with E-state index in [0.717, 1.165) is 16.8 Å². The molecule has 3 aromatic rings. The number of amides is 2. The number of nitrogens with one attached hydrogen (secondary N) is 1. The van der Waals surface area contributed by atoms with Gasteiger partial charge in [0.15, 0.2) is 0 Å². The average Bonchev–Trinajstić information content (AvgIpc) is 2.88. The normalized spacial score (nSPS) is 13.3. The number of carbonyl (C=O) groups is 2. The van der Waals surface area contributed by atoms with Crippen LogP contribution in [0, 0.1) is 19.7 Å². The molecule has 0 aliphatic carbocycles. The fourth-order valence-electron chi connectivity index (χ4n) is 3.53. The van der Waals surface area contributed by atoms with Gasteiger partial charge in [0.2, 0.25) is 11.8 Å². The first-order valence-electron chi connectivity index (χ1n) is 10.0. The number of aliphatic imine (C=N–C) groups is 1. The highest BCUT2D eigenvalue weighted by molar-refractivity contribution is 6.19. The molecule has 0 atom stereocenters. The number of carbonyl (C=O) groups excluding carboxylic acids is 2. The predicted octanol–water partition coefficient (Wildman–Crippen LogP) is 4.94. The van der Waals surface area contributed by atoms with E-state index in [1.54, 1.807) is 30.3 Å². The topological polar surface area (TPSA) is 61.8 Å². The molecular weight excluding hydrogens is 393 g/mol. The maximum atomic E-state index is 13.3. The first kappa shape index (κ1) is 20.5. The Morgan fingerprint density at radius 2 is 1.81 bits per heavy atom. The van der Waals surface area contributed by atoms with Crippen molar-refractivity contribution in [2.75, 3.05) is 16.8 Å². The molecule has 1 aliphatic rings. The average molecular weight is 415 g/mol. The Morgan fingerprint density at radius 1 is 1.06 bits per heavy atom. The molecule has 0 spiro atoms. The molecule has 0 fully saturated rings. The Morgan fingerprint density at radius 3 is 2.58 bits per heavy atom. The molecule has 3 aromatic carbocycles. The number of para-hydroxylation sites is 2. The van der Waals surface area contributed by atoms with Gasteiger partial charge in [-0.1, -0.05) is 36.4 Å². The van der Waals surface area contributed by atoms with Gasteiger partial charge in [0, 0.05) is 5.69 Å². The van der Waals surface area contributed by atoms with E-state index in [0.29, 0.717) is 22.6 Å². The van der Waals surface area contributed by atoms with Gasteiger partial charge in [-0.15, -0.1) is 0 Å². The van der Waals surface area contributed by atoms with Crippen LogP contribution in [0.3, 0.4) is 0 Å². The third-order valence-electron chi connectivity index (χ3n) is 5.19. The van der Waals surface area contributed by atoms with Crippen LogP contribution in [-0.4, -0.2) is 24.1 Å². The van der Waals surface area contributed by atoms with Crippen LogP contribution in [-0.2, 0) is 9.59 Å². The van der Waals surface area contributed by atoms with Crippen molar-refractivity contribution in [1.29, 1.82) is 0 Å². The lowest BCUT2D eigenvalue weighted by atomic mass is 10.1. The van der Waals surface area contributed by atoms with Gasteiger partial charge in [0.25, 0.3) is 0 Å². The minimum atomic E-state index is -0.352. The molecule has 1 aliphatic heterocycles. The summed E-state index contributed by atoms with van der Waals surface area (Å²) in [6, 6.07) is 18.9. The van der Waals surface area contributed by atoms with Gasteiger partial charge in [-0.2, -0.15) is 0 Å². The summed E-state index contributed by atoms with van der Waals surface area (Å²) < 4.78 is 13.3. The second-order valence-corrected chi connectivity index (χ2v) is 7.58. The first-order valence-corrected chi connectivity index (χ1v) is 10.0. The quantitative estimate of drug-likeness (QED) is 0.656. The molecule has 0 saturated heterocycles. The van der Waals surface area contributed by atoms with Gasteiger partial charge in [0.05, 0.1) is 23.5 Å². The Labute approximate surface area is 180 Å². The summed E-state index contributed by atoms with van der Waals surface area (Å²) in [4.78, 5) is 32.1. The fourth-order valence-corrected chi connectivity index (χ4v) is 3.53. The van der Waals surface area contributed by atoms with Crippen molar-refractivity contribution in [3.05, 3.63) is 89.2 Å². The van der Waals surface area contributed by atoms with Crippen LogP contribution in [0.2, 0.25) is 0 Å². The number of hydrogen-bond donors (Lipinski definition) is 1. The van der Waals surface area contributed by atoms with Crippen LogP contribution in [0.4, 0.5) is 21.5 Å². The van der Waals surface area contributed by atoms with Crippen LogP contribution in [0.15, 0.2) is 71.7 Å². The lowest BCUT2D eigenvalue weighted by molar-refractivity contribution is -0.120. The summed E-state index contributed by atoms with van der Waals surface area (Å²) in [7, 11) is 0. The molecule has 5 nitrogen and oxygen atoms in total. The third-order valence-corrected chi connectivity index (χ3v) is 5.19. The van der Waals surface area contributed by atoms with Crippen LogP contribution < -0.4 is 10.2 Å². The highest BCUT2D eigenvalue weighted by atomic mass is 19.1. The number of benzene rings is 3. The zero-order valence-electron chi connectivity index (χ0n) is 17.4. The molecule has 0 saturated carbocycles. The zero-order valence-corrected chi connectivity index (χ0v) is 17.4. The molecule has 31 heavy (non-hydrogen) atoms. The van der Waals surface area contributed by atoms with Crippen molar-refractivity contribution >= 4 is 34.6 Å². The van der Waals surface area contributed by atoms with E-state index >= 15 is 0 Å². The third kappa shape index (κ3) is 4.53. The van der Waals surface area contributed by atoms with Crippen molar-refractivity contribution in [3.8, 4) is 0 Å². The Kier molecular flexibility index (Phi) is 5.62. The number of hydrogen-bond acceptors (Lipinski definition) is 3. The highest BCUT2D eigenvalue weighted by Crippen LogP contribution is 2.33. The molecule has 0 aromatic heterocycles. The van der Waals surface area contributed by atoms with Gasteiger partial charge < -0.3 is 10.2 Å². The summed E-state index contributed by atoms with van der Waals surface area (Å²) in [6.07, 6.45) is 0.0110. The Hall–Kier alpha value is -3.80. The Bertz CT molecular complexity index is 1190. The number of halogens is 1. The van der Waals surface area contributed by atoms with Crippen LogP contribution in [0.25, 0.3) is 0 Å².